The molecule has 0 aliphatic carbocycles. The second-order valence-corrected chi connectivity index (χ2v) is 6.46. The molecule has 2 heterocycles. The first-order valence-electron chi connectivity index (χ1n) is 8.80. The van der Waals surface area contributed by atoms with E-state index in [0.29, 0.717) is 35.7 Å². The van der Waals surface area contributed by atoms with Crippen LogP contribution in [0.1, 0.15) is 31.4 Å². The van der Waals surface area contributed by atoms with Gasteiger partial charge in [0.25, 0.3) is 5.91 Å². The van der Waals surface area contributed by atoms with Gasteiger partial charge < -0.3 is 19.7 Å². The van der Waals surface area contributed by atoms with Crippen LogP contribution in [0.4, 0.5) is 4.79 Å². The summed E-state index contributed by atoms with van der Waals surface area (Å²) in [5.74, 6) is 1.06. The van der Waals surface area contributed by atoms with Crippen molar-refractivity contribution in [1.82, 2.24) is 15.1 Å². The van der Waals surface area contributed by atoms with Gasteiger partial charge in [-0.1, -0.05) is 25.5 Å². The molecule has 2 aliphatic rings. The monoisotopic (exact) mass is 359 g/mol. The molecule has 7 nitrogen and oxygen atoms in total. The number of hydrogen-bond acceptors (Lipinski definition) is 4. The van der Waals surface area contributed by atoms with E-state index in [1.807, 2.05) is 17.0 Å². The fourth-order valence-electron chi connectivity index (χ4n) is 3.53. The van der Waals surface area contributed by atoms with Crippen LogP contribution in [-0.2, 0) is 4.79 Å². The Bertz CT molecular complexity index is 759. The van der Waals surface area contributed by atoms with Crippen molar-refractivity contribution in [2.45, 2.75) is 25.8 Å². The number of amides is 3. The van der Waals surface area contributed by atoms with Crippen molar-refractivity contribution in [3.05, 3.63) is 35.0 Å². The maximum atomic E-state index is 13.1. The quantitative estimate of drug-likeness (QED) is 0.846. The highest BCUT2D eigenvalue weighted by Crippen LogP contribution is 2.42. The van der Waals surface area contributed by atoms with E-state index in [0.717, 1.165) is 18.5 Å². The molecule has 0 saturated carbocycles. The molecular weight excluding hydrogens is 334 g/mol. The summed E-state index contributed by atoms with van der Waals surface area (Å²) in [7, 11) is 4.81. The Hall–Kier alpha value is -2.70. The van der Waals surface area contributed by atoms with Gasteiger partial charge in [0.15, 0.2) is 11.5 Å². The zero-order valence-electron chi connectivity index (χ0n) is 15.7. The lowest BCUT2D eigenvalue weighted by molar-refractivity contribution is -0.125. The standard InChI is InChI=1S/C19H25N3O4/c1-5-6-10-22-11-13-15(18(22)23)16(20-19(24)21(13)2)12-8-7-9-14(25-3)17(12)26-4/h7-9,16H,5-6,10-11H2,1-4H3,(H,20,24)/t16-/m0/s1. The number of unbranched alkanes of at least 4 members (excludes halogenated alkanes) is 1. The number of urea groups is 1. The maximum Gasteiger partial charge on any atom is 0.322 e. The Morgan fingerprint density at radius 1 is 1.23 bits per heavy atom. The van der Waals surface area contributed by atoms with Crippen molar-refractivity contribution < 1.29 is 19.1 Å². The normalized spacial score (nSPS) is 19.6. The molecule has 1 N–H and O–H groups in total. The molecule has 0 radical (unpaired) electrons. The molecule has 7 heteroatoms. The van der Waals surface area contributed by atoms with Gasteiger partial charge in [-0.3, -0.25) is 9.69 Å². The molecule has 1 aromatic carbocycles. The fourth-order valence-corrected chi connectivity index (χ4v) is 3.53. The highest BCUT2D eigenvalue weighted by atomic mass is 16.5. The second-order valence-electron chi connectivity index (χ2n) is 6.46. The predicted molar refractivity (Wildman–Crippen MR) is 97.1 cm³/mol. The summed E-state index contributed by atoms with van der Waals surface area (Å²) in [5.41, 5.74) is 2.07. The van der Waals surface area contributed by atoms with Crippen molar-refractivity contribution >= 4 is 11.9 Å². The van der Waals surface area contributed by atoms with Gasteiger partial charge in [0.05, 0.1) is 38.1 Å². The van der Waals surface area contributed by atoms with E-state index in [1.165, 1.54) is 4.90 Å². The highest BCUT2D eigenvalue weighted by Gasteiger charge is 2.43. The Kier molecular flexibility index (Phi) is 5.06. The average Bonchev–Trinajstić information content (AvgIpc) is 2.99. The van der Waals surface area contributed by atoms with Crippen molar-refractivity contribution in [2.75, 3.05) is 34.4 Å². The van der Waals surface area contributed by atoms with Crippen LogP contribution in [-0.4, -0.2) is 56.1 Å². The molecular formula is C19H25N3O4. The minimum Gasteiger partial charge on any atom is -0.493 e. The molecule has 2 aliphatic heterocycles. The molecule has 0 saturated heterocycles. The number of carbonyl (C=O) groups excluding carboxylic acids is 2. The lowest BCUT2D eigenvalue weighted by Crippen LogP contribution is -2.45. The number of carbonyl (C=O) groups is 2. The van der Waals surface area contributed by atoms with Crippen LogP contribution in [0.2, 0.25) is 0 Å². The number of methoxy groups -OCH3 is 2. The van der Waals surface area contributed by atoms with E-state index in [4.69, 9.17) is 9.47 Å². The largest absolute Gasteiger partial charge is 0.493 e. The third-order valence-corrected chi connectivity index (χ3v) is 4.96. The molecule has 1 atom stereocenters. The van der Waals surface area contributed by atoms with Crippen LogP contribution >= 0.6 is 0 Å². The van der Waals surface area contributed by atoms with Crippen LogP contribution in [0.15, 0.2) is 29.5 Å². The molecule has 140 valence electrons. The average molecular weight is 359 g/mol. The van der Waals surface area contributed by atoms with E-state index in [1.54, 1.807) is 27.3 Å². The first kappa shape index (κ1) is 18.1. The summed E-state index contributed by atoms with van der Waals surface area (Å²) in [4.78, 5) is 28.9. The van der Waals surface area contributed by atoms with E-state index < -0.39 is 6.04 Å². The minimum atomic E-state index is -0.558. The number of ether oxygens (including phenoxy) is 2. The van der Waals surface area contributed by atoms with Gasteiger partial charge in [0, 0.05) is 19.2 Å². The molecule has 0 unspecified atom stereocenters. The molecule has 0 bridgehead atoms. The van der Waals surface area contributed by atoms with Gasteiger partial charge in [-0.05, 0) is 12.5 Å². The van der Waals surface area contributed by atoms with Crippen LogP contribution in [0.25, 0.3) is 0 Å². The fraction of sp³-hybridized carbons (Fsp3) is 0.474. The number of nitrogens with one attached hydrogen (secondary N) is 1. The Balaban J connectivity index is 2.05. The molecule has 0 spiro atoms. The summed E-state index contributed by atoms with van der Waals surface area (Å²) >= 11 is 0. The third-order valence-electron chi connectivity index (χ3n) is 4.96. The van der Waals surface area contributed by atoms with Crippen molar-refractivity contribution in [2.24, 2.45) is 0 Å². The molecule has 0 aromatic heterocycles. The Morgan fingerprint density at radius 2 is 2.00 bits per heavy atom. The van der Waals surface area contributed by atoms with Gasteiger partial charge in [-0.25, -0.2) is 4.79 Å². The minimum absolute atomic E-state index is 0.0322. The molecule has 0 fully saturated rings. The number of nitrogens with zero attached hydrogens (tertiary/aromatic N) is 2. The number of para-hydroxylation sites is 1. The van der Waals surface area contributed by atoms with Crippen LogP contribution in [0, 0.1) is 0 Å². The SMILES string of the molecule is CCCCN1CC2=C(C1=O)[C@H](c1cccc(OC)c1OC)NC(=O)N2C. The highest BCUT2D eigenvalue weighted by molar-refractivity contribution is 6.01. The molecule has 1 aromatic rings. The zero-order chi connectivity index (χ0) is 18.8. The topological polar surface area (TPSA) is 71.1 Å². The summed E-state index contributed by atoms with van der Waals surface area (Å²) < 4.78 is 10.9. The zero-order valence-corrected chi connectivity index (χ0v) is 15.7. The van der Waals surface area contributed by atoms with Gasteiger partial charge in [-0.15, -0.1) is 0 Å². The van der Waals surface area contributed by atoms with Gasteiger partial charge in [0.2, 0.25) is 0 Å². The summed E-state index contributed by atoms with van der Waals surface area (Å²) in [6, 6.07) is 4.68. The summed E-state index contributed by atoms with van der Waals surface area (Å²) in [5, 5.41) is 2.93. The second kappa shape index (κ2) is 7.27. The lowest BCUT2D eigenvalue weighted by atomic mass is 9.94. The van der Waals surface area contributed by atoms with E-state index in [-0.39, 0.29) is 11.9 Å². The predicted octanol–water partition coefficient (Wildman–Crippen LogP) is 2.30. The summed E-state index contributed by atoms with van der Waals surface area (Å²) in [6.07, 6.45) is 1.94. The Morgan fingerprint density at radius 3 is 2.65 bits per heavy atom. The Labute approximate surface area is 153 Å². The van der Waals surface area contributed by atoms with E-state index in [9.17, 15) is 9.59 Å². The van der Waals surface area contributed by atoms with Gasteiger partial charge in [-0.2, -0.15) is 0 Å². The van der Waals surface area contributed by atoms with Crippen LogP contribution in [0.3, 0.4) is 0 Å². The smallest absolute Gasteiger partial charge is 0.322 e. The van der Waals surface area contributed by atoms with Crippen molar-refractivity contribution in [3.8, 4) is 11.5 Å². The first-order chi connectivity index (χ1) is 12.5. The van der Waals surface area contributed by atoms with Gasteiger partial charge >= 0.3 is 6.03 Å². The van der Waals surface area contributed by atoms with Gasteiger partial charge in [0.1, 0.15) is 0 Å². The third kappa shape index (κ3) is 2.87. The molecule has 26 heavy (non-hydrogen) atoms. The van der Waals surface area contributed by atoms with Crippen molar-refractivity contribution in [3.63, 3.8) is 0 Å². The number of benzene rings is 1. The lowest BCUT2D eigenvalue weighted by Gasteiger charge is -2.31. The molecule has 3 rings (SSSR count). The number of rotatable bonds is 6. The number of hydrogen-bond donors (Lipinski definition) is 1. The first-order valence-corrected chi connectivity index (χ1v) is 8.80. The van der Waals surface area contributed by atoms with Crippen LogP contribution in [0.5, 0.6) is 11.5 Å². The number of likely N-dealkylation sites (N-methyl/N-ethyl adjacent to an activating group) is 1. The maximum absolute atomic E-state index is 13.1. The van der Waals surface area contributed by atoms with Crippen molar-refractivity contribution in [1.29, 1.82) is 0 Å². The molecule has 3 amide bonds. The van der Waals surface area contributed by atoms with Crippen LogP contribution < -0.4 is 14.8 Å². The van der Waals surface area contributed by atoms with E-state index in [2.05, 4.69) is 12.2 Å². The summed E-state index contributed by atoms with van der Waals surface area (Å²) in [6.45, 7) is 3.24. The van der Waals surface area contributed by atoms with E-state index >= 15 is 0 Å².